The van der Waals surface area contributed by atoms with Gasteiger partial charge in [-0.15, -0.1) is 0 Å². The molecule has 144 valence electrons. The standard InChI is InChI=1S/C21H22ClN5O/c1-12(14-6-8-15(22)9-7-14)27(18-10-11-24-18)21-17-5-3-4-16(20(23)28)19(17)25-13(2)26-21/h3-9,12,18,24H,10-11H2,1-2H3,(H2,23,28)/t12-,18?/m0/s1. The van der Waals surface area contributed by atoms with Gasteiger partial charge in [-0.2, -0.15) is 0 Å². The van der Waals surface area contributed by atoms with Gasteiger partial charge in [0.15, 0.2) is 0 Å². The zero-order valence-electron chi connectivity index (χ0n) is 15.8. The van der Waals surface area contributed by atoms with Crippen molar-refractivity contribution in [3.8, 4) is 0 Å². The number of primary amides is 1. The first-order valence-electron chi connectivity index (χ1n) is 9.30. The first kappa shape index (κ1) is 18.7. The molecular formula is C21H22ClN5O. The van der Waals surface area contributed by atoms with Crippen LogP contribution in [0.5, 0.6) is 0 Å². The van der Waals surface area contributed by atoms with E-state index < -0.39 is 5.91 Å². The molecule has 1 aromatic heterocycles. The predicted molar refractivity (Wildman–Crippen MR) is 112 cm³/mol. The van der Waals surface area contributed by atoms with E-state index in [-0.39, 0.29) is 12.2 Å². The lowest BCUT2D eigenvalue weighted by Gasteiger charge is -2.43. The normalized spacial score (nSPS) is 17.2. The molecule has 1 aliphatic heterocycles. The molecule has 4 rings (SSSR count). The average molecular weight is 396 g/mol. The Hall–Kier alpha value is -2.70. The maximum atomic E-state index is 11.9. The van der Waals surface area contributed by atoms with Gasteiger partial charge in [-0.25, -0.2) is 9.97 Å². The number of benzene rings is 2. The van der Waals surface area contributed by atoms with Crippen molar-refractivity contribution in [3.63, 3.8) is 0 Å². The van der Waals surface area contributed by atoms with Gasteiger partial charge >= 0.3 is 0 Å². The van der Waals surface area contributed by atoms with Gasteiger partial charge in [0.2, 0.25) is 0 Å². The highest BCUT2D eigenvalue weighted by atomic mass is 35.5. The predicted octanol–water partition coefficient (Wildman–Crippen LogP) is 3.58. The summed E-state index contributed by atoms with van der Waals surface area (Å²) < 4.78 is 0. The number of amides is 1. The van der Waals surface area contributed by atoms with Crippen LogP contribution in [0.15, 0.2) is 42.5 Å². The van der Waals surface area contributed by atoms with E-state index in [9.17, 15) is 4.79 Å². The minimum atomic E-state index is -0.492. The van der Waals surface area contributed by atoms with Crippen molar-refractivity contribution in [3.05, 3.63) is 64.4 Å². The van der Waals surface area contributed by atoms with E-state index in [2.05, 4.69) is 22.1 Å². The summed E-state index contributed by atoms with van der Waals surface area (Å²) in [6.07, 6.45) is 1.17. The number of rotatable bonds is 5. The number of para-hydroxylation sites is 1. The maximum Gasteiger partial charge on any atom is 0.250 e. The Bertz CT molecular complexity index is 1030. The fraction of sp³-hybridized carbons (Fsp3) is 0.286. The molecular weight excluding hydrogens is 374 g/mol. The molecule has 0 bridgehead atoms. The van der Waals surface area contributed by atoms with Gasteiger partial charge in [0.05, 0.1) is 23.3 Å². The first-order chi connectivity index (χ1) is 13.5. The molecule has 3 aromatic rings. The zero-order valence-corrected chi connectivity index (χ0v) is 16.6. The van der Waals surface area contributed by atoms with E-state index in [0.717, 1.165) is 29.7 Å². The van der Waals surface area contributed by atoms with Gasteiger partial charge in [-0.05, 0) is 50.1 Å². The van der Waals surface area contributed by atoms with Crippen molar-refractivity contribution >= 4 is 34.2 Å². The van der Waals surface area contributed by atoms with Crippen LogP contribution < -0.4 is 16.0 Å². The Balaban J connectivity index is 1.89. The van der Waals surface area contributed by atoms with Gasteiger partial charge in [-0.1, -0.05) is 29.8 Å². The lowest BCUT2D eigenvalue weighted by atomic mass is 10.0. The van der Waals surface area contributed by atoms with E-state index in [1.165, 1.54) is 0 Å². The first-order valence-corrected chi connectivity index (χ1v) is 9.68. The van der Waals surface area contributed by atoms with E-state index in [1.807, 2.05) is 43.3 Å². The highest BCUT2D eigenvalue weighted by Gasteiger charge is 2.32. The molecule has 2 atom stereocenters. The number of carbonyl (C=O) groups is 1. The van der Waals surface area contributed by atoms with Gasteiger partial charge in [0.1, 0.15) is 11.6 Å². The third-order valence-corrected chi connectivity index (χ3v) is 5.48. The van der Waals surface area contributed by atoms with Crippen LogP contribution in [0.4, 0.5) is 5.82 Å². The van der Waals surface area contributed by atoms with Crippen LogP contribution >= 0.6 is 11.6 Å². The summed E-state index contributed by atoms with van der Waals surface area (Å²) in [7, 11) is 0. The number of hydrogen-bond donors (Lipinski definition) is 2. The second kappa shape index (κ2) is 7.37. The van der Waals surface area contributed by atoms with E-state index in [4.69, 9.17) is 22.3 Å². The number of carbonyl (C=O) groups excluding carboxylic acids is 1. The second-order valence-corrected chi connectivity index (χ2v) is 7.49. The SMILES string of the molecule is Cc1nc(N(C2CCN2)[C@@H](C)c2ccc(Cl)cc2)c2cccc(C(N)=O)c2n1. The van der Waals surface area contributed by atoms with Crippen LogP contribution in [0.1, 0.15) is 41.1 Å². The topological polar surface area (TPSA) is 84.1 Å². The van der Waals surface area contributed by atoms with E-state index >= 15 is 0 Å². The number of nitrogens with zero attached hydrogens (tertiary/aromatic N) is 3. The number of nitrogens with one attached hydrogen (secondary N) is 1. The lowest BCUT2D eigenvalue weighted by molar-refractivity contribution is 0.100. The van der Waals surface area contributed by atoms with Crippen molar-refractivity contribution in [2.24, 2.45) is 5.73 Å². The Morgan fingerprint density at radius 3 is 2.57 bits per heavy atom. The quantitative estimate of drug-likeness (QED) is 0.689. The molecule has 1 saturated heterocycles. The number of aryl methyl sites for hydroxylation is 1. The number of halogens is 1. The molecule has 0 aliphatic carbocycles. The smallest absolute Gasteiger partial charge is 0.250 e. The molecule has 28 heavy (non-hydrogen) atoms. The number of nitrogens with two attached hydrogens (primary N) is 1. The molecule has 2 heterocycles. The van der Waals surface area contributed by atoms with Crippen LogP contribution in [0.3, 0.4) is 0 Å². The molecule has 1 aliphatic rings. The number of anilines is 1. The minimum absolute atomic E-state index is 0.0461. The molecule has 1 unspecified atom stereocenters. The Labute approximate surface area is 168 Å². The highest BCUT2D eigenvalue weighted by Crippen LogP contribution is 2.35. The summed E-state index contributed by atoms with van der Waals surface area (Å²) in [5.74, 6) is 0.905. The summed E-state index contributed by atoms with van der Waals surface area (Å²) in [6, 6.07) is 13.4. The Morgan fingerprint density at radius 1 is 1.25 bits per heavy atom. The number of hydrogen-bond acceptors (Lipinski definition) is 5. The Morgan fingerprint density at radius 2 is 1.96 bits per heavy atom. The zero-order chi connectivity index (χ0) is 19.8. The molecule has 1 fully saturated rings. The molecule has 2 aromatic carbocycles. The lowest BCUT2D eigenvalue weighted by Crippen LogP contribution is -2.56. The van der Waals surface area contributed by atoms with Crippen molar-refractivity contribution < 1.29 is 4.79 Å². The molecule has 6 nitrogen and oxygen atoms in total. The molecule has 7 heteroatoms. The summed E-state index contributed by atoms with van der Waals surface area (Å²) >= 11 is 6.07. The molecule has 0 radical (unpaired) electrons. The van der Waals surface area contributed by atoms with Crippen LogP contribution in [0.2, 0.25) is 5.02 Å². The largest absolute Gasteiger partial charge is 0.366 e. The third-order valence-electron chi connectivity index (χ3n) is 5.23. The highest BCUT2D eigenvalue weighted by molar-refractivity contribution is 6.30. The summed E-state index contributed by atoms with van der Waals surface area (Å²) in [5, 5.41) is 5.00. The maximum absolute atomic E-state index is 11.9. The second-order valence-electron chi connectivity index (χ2n) is 7.05. The van der Waals surface area contributed by atoms with Gasteiger partial charge < -0.3 is 10.6 Å². The van der Waals surface area contributed by atoms with Crippen LogP contribution in [-0.4, -0.2) is 28.6 Å². The number of fused-ring (bicyclic) bond motifs is 1. The minimum Gasteiger partial charge on any atom is -0.366 e. The molecule has 1 amide bonds. The van der Waals surface area contributed by atoms with Gasteiger partial charge in [-0.3, -0.25) is 10.1 Å². The fourth-order valence-electron chi connectivity index (χ4n) is 3.65. The van der Waals surface area contributed by atoms with Crippen molar-refractivity contribution in [1.82, 2.24) is 15.3 Å². The molecule has 3 N–H and O–H groups in total. The monoisotopic (exact) mass is 395 g/mol. The summed E-state index contributed by atoms with van der Waals surface area (Å²) in [4.78, 5) is 23.5. The van der Waals surface area contributed by atoms with Crippen molar-refractivity contribution in [2.45, 2.75) is 32.5 Å². The van der Waals surface area contributed by atoms with Crippen LogP contribution in [0.25, 0.3) is 10.9 Å². The molecule has 0 spiro atoms. The van der Waals surface area contributed by atoms with Gasteiger partial charge in [0.25, 0.3) is 5.91 Å². The van der Waals surface area contributed by atoms with Crippen LogP contribution in [-0.2, 0) is 0 Å². The van der Waals surface area contributed by atoms with Crippen LogP contribution in [0, 0.1) is 6.92 Å². The molecule has 0 saturated carbocycles. The van der Waals surface area contributed by atoms with E-state index in [0.29, 0.717) is 21.9 Å². The van der Waals surface area contributed by atoms with Gasteiger partial charge in [0, 0.05) is 17.0 Å². The fourth-order valence-corrected chi connectivity index (χ4v) is 3.78. The van der Waals surface area contributed by atoms with Crippen molar-refractivity contribution in [1.29, 1.82) is 0 Å². The average Bonchev–Trinajstić information content (AvgIpc) is 2.63. The Kier molecular flexibility index (Phi) is 4.91. The summed E-state index contributed by atoms with van der Waals surface area (Å²) in [5.41, 5.74) is 7.71. The van der Waals surface area contributed by atoms with Crippen molar-refractivity contribution in [2.75, 3.05) is 11.4 Å². The third kappa shape index (κ3) is 3.30. The number of aromatic nitrogens is 2. The summed E-state index contributed by atoms with van der Waals surface area (Å²) in [6.45, 7) is 4.94. The van der Waals surface area contributed by atoms with E-state index in [1.54, 1.807) is 6.07 Å².